The number of nitrogens with two attached hydrogens (primary N) is 1. The lowest BCUT2D eigenvalue weighted by atomic mass is 10.1. The lowest BCUT2D eigenvalue weighted by Gasteiger charge is -2.01. The SMILES string of the molecule is COc1ccc2c(c1)c(-c1oncc1N)cn2C. The zero-order chi connectivity index (χ0) is 12.7. The van der Waals surface area contributed by atoms with Crippen LogP contribution >= 0.6 is 0 Å². The van der Waals surface area contributed by atoms with E-state index in [-0.39, 0.29) is 0 Å². The number of aryl methyl sites for hydroxylation is 1. The van der Waals surface area contributed by atoms with Gasteiger partial charge in [0.1, 0.15) is 11.4 Å². The largest absolute Gasteiger partial charge is 0.497 e. The number of hydrogen-bond acceptors (Lipinski definition) is 4. The Morgan fingerprint density at radius 3 is 2.89 bits per heavy atom. The van der Waals surface area contributed by atoms with Gasteiger partial charge in [-0.25, -0.2) is 0 Å². The molecule has 2 N–H and O–H groups in total. The van der Waals surface area contributed by atoms with Crippen LogP contribution in [0.2, 0.25) is 0 Å². The Hall–Kier alpha value is -2.43. The molecule has 18 heavy (non-hydrogen) atoms. The van der Waals surface area contributed by atoms with E-state index in [0.717, 1.165) is 22.2 Å². The van der Waals surface area contributed by atoms with Gasteiger partial charge in [-0.1, -0.05) is 5.16 Å². The van der Waals surface area contributed by atoms with Gasteiger partial charge in [0.25, 0.3) is 0 Å². The van der Waals surface area contributed by atoms with Crippen molar-refractivity contribution in [3.8, 4) is 17.1 Å². The summed E-state index contributed by atoms with van der Waals surface area (Å²) in [4.78, 5) is 0. The summed E-state index contributed by atoms with van der Waals surface area (Å²) in [6.07, 6.45) is 3.48. The van der Waals surface area contributed by atoms with Gasteiger partial charge < -0.3 is 19.6 Å². The molecule has 2 heterocycles. The standard InChI is InChI=1S/C13H13N3O2/c1-16-7-10(13-11(14)6-15-18-13)9-5-8(17-2)3-4-12(9)16/h3-7H,14H2,1-2H3. The highest BCUT2D eigenvalue weighted by atomic mass is 16.5. The highest BCUT2D eigenvalue weighted by Crippen LogP contribution is 2.35. The number of methoxy groups -OCH3 is 1. The number of aromatic nitrogens is 2. The molecule has 0 saturated heterocycles. The predicted molar refractivity (Wildman–Crippen MR) is 69.4 cm³/mol. The van der Waals surface area contributed by atoms with Gasteiger partial charge >= 0.3 is 0 Å². The van der Waals surface area contributed by atoms with Gasteiger partial charge in [0.15, 0.2) is 5.76 Å². The van der Waals surface area contributed by atoms with E-state index in [4.69, 9.17) is 15.0 Å². The molecular formula is C13H13N3O2. The monoisotopic (exact) mass is 243 g/mol. The number of nitrogen functional groups attached to an aromatic ring is 1. The average Bonchev–Trinajstić information content (AvgIpc) is 2.93. The lowest BCUT2D eigenvalue weighted by molar-refractivity contribution is 0.415. The maximum Gasteiger partial charge on any atom is 0.191 e. The van der Waals surface area contributed by atoms with Crippen LogP contribution in [0.25, 0.3) is 22.2 Å². The zero-order valence-electron chi connectivity index (χ0n) is 10.2. The summed E-state index contributed by atoms with van der Waals surface area (Å²) < 4.78 is 12.5. The molecule has 0 bridgehead atoms. The van der Waals surface area contributed by atoms with Gasteiger partial charge in [0.2, 0.25) is 0 Å². The van der Waals surface area contributed by atoms with Crippen LogP contribution in [0.1, 0.15) is 0 Å². The third-order valence-electron chi connectivity index (χ3n) is 3.04. The fourth-order valence-electron chi connectivity index (χ4n) is 2.13. The Morgan fingerprint density at radius 2 is 2.22 bits per heavy atom. The predicted octanol–water partition coefficient (Wildman–Crippen LogP) is 2.42. The molecule has 0 aliphatic carbocycles. The minimum Gasteiger partial charge on any atom is -0.497 e. The first-order valence-electron chi connectivity index (χ1n) is 5.54. The van der Waals surface area contributed by atoms with Crippen molar-refractivity contribution < 1.29 is 9.26 Å². The molecule has 0 aliphatic heterocycles. The van der Waals surface area contributed by atoms with Crippen LogP contribution in [0.5, 0.6) is 5.75 Å². The summed E-state index contributed by atoms with van der Waals surface area (Å²) in [5, 5.41) is 4.74. The molecule has 92 valence electrons. The summed E-state index contributed by atoms with van der Waals surface area (Å²) in [7, 11) is 3.62. The smallest absolute Gasteiger partial charge is 0.191 e. The van der Waals surface area contributed by atoms with Crippen molar-refractivity contribution in [2.24, 2.45) is 7.05 Å². The Morgan fingerprint density at radius 1 is 1.39 bits per heavy atom. The second-order valence-electron chi connectivity index (χ2n) is 4.15. The van der Waals surface area contributed by atoms with Gasteiger partial charge in [-0.15, -0.1) is 0 Å². The Kier molecular flexibility index (Phi) is 2.26. The normalized spacial score (nSPS) is 11.0. The minimum absolute atomic E-state index is 0.533. The molecule has 0 spiro atoms. The van der Waals surface area contributed by atoms with Crippen LogP contribution in [0, 0.1) is 0 Å². The van der Waals surface area contributed by atoms with Gasteiger partial charge in [0.05, 0.1) is 13.3 Å². The quantitative estimate of drug-likeness (QED) is 0.750. The number of benzene rings is 1. The van der Waals surface area contributed by atoms with Crippen molar-refractivity contribution in [2.75, 3.05) is 12.8 Å². The molecule has 5 nitrogen and oxygen atoms in total. The molecule has 3 aromatic rings. The van der Waals surface area contributed by atoms with E-state index in [1.807, 2.05) is 36.0 Å². The highest BCUT2D eigenvalue weighted by molar-refractivity contribution is 5.97. The Labute approximate surface area is 104 Å². The van der Waals surface area contributed by atoms with Crippen molar-refractivity contribution in [1.29, 1.82) is 0 Å². The topological polar surface area (TPSA) is 66.2 Å². The zero-order valence-corrected chi connectivity index (χ0v) is 10.2. The minimum atomic E-state index is 0.533. The van der Waals surface area contributed by atoms with Crippen molar-refractivity contribution in [2.45, 2.75) is 0 Å². The molecule has 0 saturated carbocycles. The van der Waals surface area contributed by atoms with E-state index in [2.05, 4.69) is 5.16 Å². The number of rotatable bonds is 2. The average molecular weight is 243 g/mol. The number of anilines is 1. The van der Waals surface area contributed by atoms with Crippen LogP contribution in [0.3, 0.4) is 0 Å². The molecule has 2 aromatic heterocycles. The second-order valence-corrected chi connectivity index (χ2v) is 4.15. The van der Waals surface area contributed by atoms with Crippen LogP contribution in [0.4, 0.5) is 5.69 Å². The molecule has 0 amide bonds. The van der Waals surface area contributed by atoms with Crippen LogP contribution in [0.15, 0.2) is 35.1 Å². The molecule has 5 heteroatoms. The van der Waals surface area contributed by atoms with E-state index in [9.17, 15) is 0 Å². The van der Waals surface area contributed by atoms with Crippen molar-refractivity contribution in [3.05, 3.63) is 30.6 Å². The molecular weight excluding hydrogens is 230 g/mol. The number of ether oxygens (including phenoxy) is 1. The first-order chi connectivity index (χ1) is 8.70. The van der Waals surface area contributed by atoms with Crippen LogP contribution < -0.4 is 10.5 Å². The van der Waals surface area contributed by atoms with E-state index >= 15 is 0 Å². The van der Waals surface area contributed by atoms with Gasteiger partial charge in [-0.2, -0.15) is 0 Å². The summed E-state index contributed by atoms with van der Waals surface area (Å²) >= 11 is 0. The van der Waals surface area contributed by atoms with E-state index in [1.165, 1.54) is 6.20 Å². The van der Waals surface area contributed by atoms with Crippen molar-refractivity contribution in [1.82, 2.24) is 9.72 Å². The number of fused-ring (bicyclic) bond motifs is 1. The molecule has 0 radical (unpaired) electrons. The van der Waals surface area contributed by atoms with Gasteiger partial charge in [-0.3, -0.25) is 0 Å². The Balaban J connectivity index is 2.32. The van der Waals surface area contributed by atoms with Crippen LogP contribution in [-0.2, 0) is 7.05 Å². The van der Waals surface area contributed by atoms with E-state index in [1.54, 1.807) is 7.11 Å². The molecule has 0 atom stereocenters. The second kappa shape index (κ2) is 3.80. The molecule has 0 aliphatic rings. The highest BCUT2D eigenvalue weighted by Gasteiger charge is 2.15. The van der Waals surface area contributed by atoms with Crippen molar-refractivity contribution in [3.63, 3.8) is 0 Å². The van der Waals surface area contributed by atoms with Gasteiger partial charge in [0, 0.05) is 29.7 Å². The van der Waals surface area contributed by atoms with Gasteiger partial charge in [-0.05, 0) is 18.2 Å². The van der Waals surface area contributed by atoms with E-state index in [0.29, 0.717) is 11.4 Å². The molecule has 0 unspecified atom stereocenters. The number of hydrogen-bond donors (Lipinski definition) is 1. The number of nitrogens with zero attached hydrogens (tertiary/aromatic N) is 2. The fraction of sp³-hybridized carbons (Fsp3) is 0.154. The molecule has 3 rings (SSSR count). The van der Waals surface area contributed by atoms with Crippen molar-refractivity contribution >= 4 is 16.6 Å². The van der Waals surface area contributed by atoms with E-state index < -0.39 is 0 Å². The fourth-order valence-corrected chi connectivity index (χ4v) is 2.13. The summed E-state index contributed by atoms with van der Waals surface area (Å²) in [5.74, 6) is 1.39. The maximum atomic E-state index is 5.85. The lowest BCUT2D eigenvalue weighted by Crippen LogP contribution is -1.85. The summed E-state index contributed by atoms with van der Waals surface area (Å²) in [6.45, 7) is 0. The molecule has 1 aromatic carbocycles. The Bertz CT molecular complexity index is 712. The molecule has 0 fully saturated rings. The maximum absolute atomic E-state index is 5.85. The first-order valence-corrected chi connectivity index (χ1v) is 5.54. The summed E-state index contributed by atoms with van der Waals surface area (Å²) in [6, 6.07) is 5.90. The van der Waals surface area contributed by atoms with Crippen LogP contribution in [-0.4, -0.2) is 16.8 Å². The first kappa shape index (κ1) is 10.7. The summed E-state index contributed by atoms with van der Waals surface area (Å²) in [5.41, 5.74) is 8.38. The third-order valence-corrected chi connectivity index (χ3v) is 3.04. The third kappa shape index (κ3) is 1.44.